The van der Waals surface area contributed by atoms with Crippen molar-refractivity contribution < 1.29 is 4.74 Å². The second-order valence-corrected chi connectivity index (χ2v) is 8.96. The van der Waals surface area contributed by atoms with Gasteiger partial charge in [-0.2, -0.15) is 0 Å². The summed E-state index contributed by atoms with van der Waals surface area (Å²) < 4.78 is 5.67. The fourth-order valence-corrected chi connectivity index (χ4v) is 5.39. The maximum absolute atomic E-state index is 5.67. The van der Waals surface area contributed by atoms with Crippen molar-refractivity contribution in [3.63, 3.8) is 0 Å². The highest BCUT2D eigenvalue weighted by atomic mass is 32.1. The van der Waals surface area contributed by atoms with E-state index >= 15 is 0 Å². The normalized spacial score (nSPS) is 15.6. The molecule has 1 unspecified atom stereocenters. The van der Waals surface area contributed by atoms with Gasteiger partial charge in [0.25, 0.3) is 0 Å². The smallest absolute Gasteiger partial charge is 0.124 e. The van der Waals surface area contributed by atoms with Crippen LogP contribution in [0.25, 0.3) is 21.8 Å². The Morgan fingerprint density at radius 3 is 2.13 bits per heavy atom. The van der Waals surface area contributed by atoms with Gasteiger partial charge in [0.2, 0.25) is 0 Å². The Hall–Kier alpha value is -2.79. The molecular weight excluding hydrogens is 400 g/mol. The topological polar surface area (TPSA) is 25.4 Å². The van der Waals surface area contributed by atoms with Crippen molar-refractivity contribution in [3.8, 4) is 21.8 Å². The van der Waals surface area contributed by atoms with Gasteiger partial charge in [0.05, 0.1) is 29.8 Å². The lowest BCUT2D eigenvalue weighted by Gasteiger charge is -2.34. The standard InChI is InChI=1S/C27H26N2OS/c1-20-12-14-21(15-13-20)24-26(31-27(28-24)23-10-6-3-7-11-23)25(22-8-4-2-5-9-22)29-16-18-30-19-17-29/h2-15,25H,16-19H2,1H3. The van der Waals surface area contributed by atoms with Gasteiger partial charge in [-0.3, -0.25) is 4.90 Å². The van der Waals surface area contributed by atoms with E-state index in [9.17, 15) is 0 Å². The molecule has 3 aromatic carbocycles. The quantitative estimate of drug-likeness (QED) is 0.379. The summed E-state index contributed by atoms with van der Waals surface area (Å²) in [5.74, 6) is 0. The third kappa shape index (κ3) is 4.33. The molecule has 1 fully saturated rings. The van der Waals surface area contributed by atoms with Crippen molar-refractivity contribution in [1.82, 2.24) is 9.88 Å². The van der Waals surface area contributed by atoms with Crippen molar-refractivity contribution >= 4 is 11.3 Å². The van der Waals surface area contributed by atoms with Gasteiger partial charge < -0.3 is 4.74 Å². The van der Waals surface area contributed by atoms with Crippen LogP contribution in [0, 0.1) is 6.92 Å². The van der Waals surface area contributed by atoms with E-state index in [2.05, 4.69) is 96.8 Å². The summed E-state index contributed by atoms with van der Waals surface area (Å²) in [7, 11) is 0. The second-order valence-electron chi connectivity index (χ2n) is 7.93. The lowest BCUT2D eigenvalue weighted by molar-refractivity contribution is 0.0246. The first-order valence-electron chi connectivity index (χ1n) is 10.8. The van der Waals surface area contributed by atoms with Crippen molar-refractivity contribution in [2.24, 2.45) is 0 Å². The van der Waals surface area contributed by atoms with E-state index in [1.165, 1.54) is 27.1 Å². The van der Waals surface area contributed by atoms with Crippen molar-refractivity contribution in [3.05, 3.63) is 101 Å². The zero-order valence-electron chi connectivity index (χ0n) is 17.7. The summed E-state index contributed by atoms with van der Waals surface area (Å²) in [6, 6.07) is 30.2. The average molecular weight is 427 g/mol. The molecule has 0 spiro atoms. The lowest BCUT2D eigenvalue weighted by atomic mass is 9.99. The summed E-state index contributed by atoms with van der Waals surface area (Å²) >= 11 is 1.81. The Balaban J connectivity index is 1.68. The SMILES string of the molecule is Cc1ccc(-c2nc(-c3ccccc3)sc2C(c2ccccc2)N2CCOCC2)cc1. The van der Waals surface area contributed by atoms with Gasteiger partial charge in [-0.25, -0.2) is 4.98 Å². The summed E-state index contributed by atoms with van der Waals surface area (Å²) in [5.41, 5.74) is 6.00. The van der Waals surface area contributed by atoms with E-state index in [-0.39, 0.29) is 6.04 Å². The number of ether oxygens (including phenoxy) is 1. The third-order valence-corrected chi connectivity index (χ3v) is 6.93. The Morgan fingerprint density at radius 2 is 1.45 bits per heavy atom. The molecule has 1 atom stereocenters. The van der Waals surface area contributed by atoms with E-state index in [1.807, 2.05) is 11.3 Å². The van der Waals surface area contributed by atoms with Crippen molar-refractivity contribution in [2.45, 2.75) is 13.0 Å². The molecule has 0 N–H and O–H groups in total. The highest BCUT2D eigenvalue weighted by Crippen LogP contribution is 2.42. The molecule has 1 aliphatic heterocycles. The molecule has 1 saturated heterocycles. The molecular formula is C27H26N2OS. The maximum Gasteiger partial charge on any atom is 0.124 e. The van der Waals surface area contributed by atoms with E-state index in [1.54, 1.807) is 0 Å². The van der Waals surface area contributed by atoms with Crippen LogP contribution in [-0.2, 0) is 4.74 Å². The molecule has 31 heavy (non-hydrogen) atoms. The van der Waals surface area contributed by atoms with Gasteiger partial charge in [0.1, 0.15) is 5.01 Å². The molecule has 0 aliphatic carbocycles. The molecule has 4 aromatic rings. The summed E-state index contributed by atoms with van der Waals surface area (Å²) in [4.78, 5) is 9.02. The molecule has 1 aromatic heterocycles. The van der Waals surface area contributed by atoms with Gasteiger partial charge in [0, 0.05) is 24.2 Å². The number of nitrogens with zero attached hydrogens (tertiary/aromatic N) is 2. The number of aryl methyl sites for hydroxylation is 1. The predicted molar refractivity (Wildman–Crippen MR) is 128 cm³/mol. The zero-order valence-corrected chi connectivity index (χ0v) is 18.5. The third-order valence-electron chi connectivity index (χ3n) is 5.77. The van der Waals surface area contributed by atoms with Gasteiger partial charge >= 0.3 is 0 Å². The van der Waals surface area contributed by atoms with Gasteiger partial charge in [-0.1, -0.05) is 90.5 Å². The maximum atomic E-state index is 5.67. The van der Waals surface area contributed by atoms with E-state index < -0.39 is 0 Å². The van der Waals surface area contributed by atoms with Crippen molar-refractivity contribution in [1.29, 1.82) is 0 Å². The minimum atomic E-state index is 0.163. The van der Waals surface area contributed by atoms with Gasteiger partial charge in [0.15, 0.2) is 0 Å². The number of aromatic nitrogens is 1. The van der Waals surface area contributed by atoms with E-state index in [0.717, 1.165) is 37.0 Å². The van der Waals surface area contributed by atoms with Crippen LogP contribution in [0.2, 0.25) is 0 Å². The van der Waals surface area contributed by atoms with E-state index in [4.69, 9.17) is 9.72 Å². The Bertz CT molecular complexity index is 1120. The number of rotatable bonds is 5. The highest BCUT2D eigenvalue weighted by Gasteiger charge is 2.29. The van der Waals surface area contributed by atoms with Crippen LogP contribution in [0.3, 0.4) is 0 Å². The van der Waals surface area contributed by atoms with Crippen molar-refractivity contribution in [2.75, 3.05) is 26.3 Å². The molecule has 0 amide bonds. The summed E-state index contributed by atoms with van der Waals surface area (Å²) in [6.07, 6.45) is 0. The minimum absolute atomic E-state index is 0.163. The number of morpholine rings is 1. The number of thiazole rings is 1. The zero-order chi connectivity index (χ0) is 21.0. The van der Waals surface area contributed by atoms with Crippen LogP contribution in [0.15, 0.2) is 84.9 Å². The molecule has 156 valence electrons. The molecule has 3 nitrogen and oxygen atoms in total. The van der Waals surface area contributed by atoms with Gasteiger partial charge in [-0.15, -0.1) is 11.3 Å². The van der Waals surface area contributed by atoms with Crippen LogP contribution in [0.5, 0.6) is 0 Å². The molecule has 2 heterocycles. The Kier molecular flexibility index (Phi) is 5.94. The predicted octanol–water partition coefficient (Wildman–Crippen LogP) is 6.21. The fourth-order valence-electron chi connectivity index (χ4n) is 4.14. The fraction of sp³-hybridized carbons (Fsp3) is 0.222. The largest absolute Gasteiger partial charge is 0.379 e. The highest BCUT2D eigenvalue weighted by molar-refractivity contribution is 7.15. The van der Waals surface area contributed by atoms with Crippen LogP contribution in [0.1, 0.15) is 22.0 Å². The molecule has 0 bridgehead atoms. The first kappa shape index (κ1) is 20.1. The molecule has 1 aliphatic rings. The summed E-state index contributed by atoms with van der Waals surface area (Å²) in [5, 5.41) is 1.07. The molecule has 0 saturated carbocycles. The van der Waals surface area contributed by atoms with E-state index in [0.29, 0.717) is 0 Å². The number of hydrogen-bond donors (Lipinski definition) is 0. The minimum Gasteiger partial charge on any atom is -0.379 e. The molecule has 0 radical (unpaired) electrons. The average Bonchev–Trinajstić information content (AvgIpc) is 3.27. The van der Waals surface area contributed by atoms with Gasteiger partial charge in [-0.05, 0) is 12.5 Å². The van der Waals surface area contributed by atoms with Crippen LogP contribution in [0.4, 0.5) is 0 Å². The first-order valence-corrected chi connectivity index (χ1v) is 11.6. The molecule has 5 rings (SSSR count). The van der Waals surface area contributed by atoms with Crippen LogP contribution < -0.4 is 0 Å². The monoisotopic (exact) mass is 426 g/mol. The second kappa shape index (κ2) is 9.15. The molecule has 4 heteroatoms. The van der Waals surface area contributed by atoms with Crippen LogP contribution in [-0.4, -0.2) is 36.2 Å². The lowest BCUT2D eigenvalue weighted by Crippen LogP contribution is -2.39. The number of benzene rings is 3. The van der Waals surface area contributed by atoms with Crippen LogP contribution >= 0.6 is 11.3 Å². The number of hydrogen-bond acceptors (Lipinski definition) is 4. The Labute approximate surface area is 188 Å². The first-order chi connectivity index (χ1) is 15.3. The summed E-state index contributed by atoms with van der Waals surface area (Å²) in [6.45, 7) is 5.51. The Morgan fingerprint density at radius 1 is 0.806 bits per heavy atom.